The summed E-state index contributed by atoms with van der Waals surface area (Å²) in [7, 11) is 0. The number of nitrogens with one attached hydrogen (secondary N) is 1. The number of benzene rings is 1. The van der Waals surface area contributed by atoms with Gasteiger partial charge in [-0.15, -0.1) is 10.2 Å². The van der Waals surface area contributed by atoms with Crippen molar-refractivity contribution in [3.63, 3.8) is 0 Å². The van der Waals surface area contributed by atoms with Gasteiger partial charge in [0.15, 0.2) is 0 Å². The first-order valence-electron chi connectivity index (χ1n) is 5.58. The van der Waals surface area contributed by atoms with Gasteiger partial charge in [0.1, 0.15) is 10.5 Å². The van der Waals surface area contributed by atoms with Crippen LogP contribution < -0.4 is 5.32 Å². The lowest BCUT2D eigenvalue weighted by atomic mass is 10.2. The molecule has 1 aromatic carbocycles. The van der Waals surface area contributed by atoms with Crippen LogP contribution in [-0.4, -0.2) is 27.8 Å². The summed E-state index contributed by atoms with van der Waals surface area (Å²) < 4.78 is 0. The summed E-state index contributed by atoms with van der Waals surface area (Å²) in [6, 6.07) is 7.85. The summed E-state index contributed by atoms with van der Waals surface area (Å²) in [5, 5.41) is 20.4. The van der Waals surface area contributed by atoms with Gasteiger partial charge >= 0.3 is 5.97 Å². The zero-order valence-corrected chi connectivity index (χ0v) is 10.5. The number of rotatable bonds is 6. The van der Waals surface area contributed by atoms with Gasteiger partial charge in [0.2, 0.25) is 0 Å². The van der Waals surface area contributed by atoms with Gasteiger partial charge in [-0.05, 0) is 18.6 Å². The quantitative estimate of drug-likeness (QED) is 0.783. The zero-order valence-electron chi connectivity index (χ0n) is 9.67. The second-order valence-corrected chi connectivity index (χ2v) is 4.58. The van der Waals surface area contributed by atoms with Crippen LogP contribution in [0, 0.1) is 0 Å². The minimum Gasteiger partial charge on any atom is -0.481 e. The Morgan fingerprint density at radius 1 is 1.44 bits per heavy atom. The van der Waals surface area contributed by atoms with Gasteiger partial charge in [-0.1, -0.05) is 23.5 Å². The molecule has 0 aliphatic rings. The standard InChI is InChI=1S/C12H13N3O2S/c16-11(17)5-2-6-13-10-4-1-3-9(7-10)12-15-14-8-18-12/h1,3-4,7-8,13H,2,5-6H2,(H,16,17). The van der Waals surface area contributed by atoms with Crippen molar-refractivity contribution in [3.8, 4) is 10.6 Å². The summed E-state index contributed by atoms with van der Waals surface area (Å²) >= 11 is 1.49. The van der Waals surface area contributed by atoms with Crippen LogP contribution >= 0.6 is 11.3 Å². The third kappa shape index (κ3) is 3.53. The van der Waals surface area contributed by atoms with E-state index < -0.39 is 5.97 Å². The Kier molecular flexibility index (Phi) is 4.25. The fraction of sp³-hybridized carbons (Fsp3) is 0.250. The van der Waals surface area contributed by atoms with E-state index >= 15 is 0 Å². The van der Waals surface area contributed by atoms with Crippen LogP contribution in [0.4, 0.5) is 5.69 Å². The lowest BCUT2D eigenvalue weighted by Gasteiger charge is -2.06. The number of hydrogen-bond donors (Lipinski definition) is 2. The molecule has 1 aromatic heterocycles. The topological polar surface area (TPSA) is 75.1 Å². The molecule has 1 heterocycles. The highest BCUT2D eigenvalue weighted by Gasteiger charge is 2.02. The van der Waals surface area contributed by atoms with Gasteiger partial charge in [-0.25, -0.2) is 0 Å². The van der Waals surface area contributed by atoms with Crippen LogP contribution in [0.1, 0.15) is 12.8 Å². The molecule has 0 saturated heterocycles. The molecule has 2 rings (SSSR count). The fourth-order valence-electron chi connectivity index (χ4n) is 1.53. The van der Waals surface area contributed by atoms with Crippen LogP contribution in [0.3, 0.4) is 0 Å². The van der Waals surface area contributed by atoms with Gasteiger partial charge in [0.05, 0.1) is 0 Å². The van der Waals surface area contributed by atoms with Gasteiger partial charge in [-0.2, -0.15) is 0 Å². The molecule has 0 unspecified atom stereocenters. The van der Waals surface area contributed by atoms with Crippen molar-refractivity contribution < 1.29 is 9.90 Å². The SMILES string of the molecule is O=C(O)CCCNc1cccc(-c2nncs2)c1. The highest BCUT2D eigenvalue weighted by molar-refractivity contribution is 7.12. The van der Waals surface area contributed by atoms with Crippen LogP contribution in [0.5, 0.6) is 0 Å². The van der Waals surface area contributed by atoms with Crippen molar-refractivity contribution >= 4 is 23.0 Å². The number of carboxylic acid groups (broad SMARTS) is 1. The monoisotopic (exact) mass is 263 g/mol. The largest absolute Gasteiger partial charge is 0.481 e. The van der Waals surface area contributed by atoms with E-state index in [-0.39, 0.29) is 6.42 Å². The van der Waals surface area contributed by atoms with Gasteiger partial charge in [0.25, 0.3) is 0 Å². The third-order valence-corrected chi connectivity index (χ3v) is 3.11. The average Bonchev–Trinajstić information content (AvgIpc) is 2.89. The molecular weight excluding hydrogens is 250 g/mol. The smallest absolute Gasteiger partial charge is 0.303 e. The summed E-state index contributed by atoms with van der Waals surface area (Å²) in [4.78, 5) is 10.4. The Balaban J connectivity index is 1.94. The normalized spacial score (nSPS) is 10.2. The zero-order chi connectivity index (χ0) is 12.8. The van der Waals surface area contributed by atoms with Crippen molar-refractivity contribution in [2.75, 3.05) is 11.9 Å². The summed E-state index contributed by atoms with van der Waals surface area (Å²) in [6.07, 6.45) is 0.793. The van der Waals surface area contributed by atoms with E-state index in [2.05, 4.69) is 15.5 Å². The number of aromatic nitrogens is 2. The van der Waals surface area contributed by atoms with E-state index in [9.17, 15) is 4.79 Å². The summed E-state index contributed by atoms with van der Waals surface area (Å²) in [6.45, 7) is 0.645. The Hall–Kier alpha value is -1.95. The summed E-state index contributed by atoms with van der Waals surface area (Å²) in [5.41, 5.74) is 3.68. The molecule has 0 radical (unpaired) electrons. The molecule has 94 valence electrons. The second kappa shape index (κ2) is 6.11. The first-order valence-corrected chi connectivity index (χ1v) is 6.46. The van der Waals surface area contributed by atoms with Crippen LogP contribution in [0.25, 0.3) is 10.6 Å². The molecule has 0 amide bonds. The number of carbonyl (C=O) groups is 1. The molecule has 0 atom stereocenters. The first kappa shape index (κ1) is 12.5. The minimum absolute atomic E-state index is 0.184. The van der Waals surface area contributed by atoms with Gasteiger partial charge in [0, 0.05) is 24.2 Å². The maximum Gasteiger partial charge on any atom is 0.303 e. The lowest BCUT2D eigenvalue weighted by Crippen LogP contribution is -2.04. The Morgan fingerprint density at radius 2 is 2.33 bits per heavy atom. The van der Waals surface area contributed by atoms with Crippen LogP contribution in [0.15, 0.2) is 29.8 Å². The predicted molar refractivity (Wildman–Crippen MR) is 70.7 cm³/mol. The van der Waals surface area contributed by atoms with Gasteiger partial charge in [-0.3, -0.25) is 4.79 Å². The average molecular weight is 263 g/mol. The molecule has 2 N–H and O–H groups in total. The molecule has 2 aromatic rings. The number of aliphatic carboxylic acids is 1. The van der Waals surface area contributed by atoms with Crippen molar-refractivity contribution in [2.24, 2.45) is 0 Å². The molecule has 0 aliphatic heterocycles. The van der Waals surface area contributed by atoms with Crippen LogP contribution in [-0.2, 0) is 4.79 Å². The van der Waals surface area contributed by atoms with Crippen molar-refractivity contribution in [1.82, 2.24) is 10.2 Å². The van der Waals surface area contributed by atoms with E-state index in [1.165, 1.54) is 11.3 Å². The van der Waals surface area contributed by atoms with E-state index in [0.717, 1.165) is 16.3 Å². The molecule has 0 fully saturated rings. The van der Waals surface area contributed by atoms with E-state index in [0.29, 0.717) is 13.0 Å². The molecule has 0 bridgehead atoms. The fourth-order valence-corrected chi connectivity index (χ4v) is 2.08. The molecule has 5 nitrogen and oxygen atoms in total. The Morgan fingerprint density at radius 3 is 3.06 bits per heavy atom. The minimum atomic E-state index is -0.764. The van der Waals surface area contributed by atoms with Crippen LogP contribution in [0.2, 0.25) is 0 Å². The lowest BCUT2D eigenvalue weighted by molar-refractivity contribution is -0.137. The van der Waals surface area contributed by atoms with E-state index in [4.69, 9.17) is 5.11 Å². The van der Waals surface area contributed by atoms with Crippen molar-refractivity contribution in [2.45, 2.75) is 12.8 Å². The molecule has 0 aliphatic carbocycles. The molecule has 6 heteroatoms. The molecular formula is C12H13N3O2S. The second-order valence-electron chi connectivity index (χ2n) is 3.75. The molecule has 0 spiro atoms. The predicted octanol–water partition coefficient (Wildman–Crippen LogP) is 2.48. The highest BCUT2D eigenvalue weighted by Crippen LogP contribution is 2.23. The van der Waals surface area contributed by atoms with E-state index in [1.807, 2.05) is 24.3 Å². The number of nitrogens with zero attached hydrogens (tertiary/aromatic N) is 2. The van der Waals surface area contributed by atoms with E-state index in [1.54, 1.807) is 5.51 Å². The molecule has 18 heavy (non-hydrogen) atoms. The highest BCUT2D eigenvalue weighted by atomic mass is 32.1. The van der Waals surface area contributed by atoms with Crippen molar-refractivity contribution in [3.05, 3.63) is 29.8 Å². The third-order valence-electron chi connectivity index (χ3n) is 2.37. The Bertz CT molecular complexity index is 514. The maximum atomic E-state index is 10.4. The Labute approximate surface area is 109 Å². The van der Waals surface area contributed by atoms with Crippen molar-refractivity contribution in [1.29, 1.82) is 0 Å². The maximum absolute atomic E-state index is 10.4. The molecule has 0 saturated carbocycles. The summed E-state index contributed by atoms with van der Waals surface area (Å²) in [5.74, 6) is -0.764. The number of carboxylic acids is 1. The number of anilines is 1. The first-order chi connectivity index (χ1) is 8.75. The van der Waals surface area contributed by atoms with Gasteiger partial charge < -0.3 is 10.4 Å². The number of hydrogen-bond acceptors (Lipinski definition) is 5.